The van der Waals surface area contributed by atoms with Gasteiger partial charge in [0.15, 0.2) is 0 Å². The summed E-state index contributed by atoms with van der Waals surface area (Å²) in [6, 6.07) is 9.67. The summed E-state index contributed by atoms with van der Waals surface area (Å²) in [5, 5.41) is 14.5. The highest BCUT2D eigenvalue weighted by atomic mass is 16.5. The van der Waals surface area contributed by atoms with E-state index in [9.17, 15) is 5.11 Å². The maximum absolute atomic E-state index is 10.3. The Morgan fingerprint density at radius 3 is 2.50 bits per heavy atom. The molecule has 0 aliphatic rings. The Morgan fingerprint density at radius 1 is 1.33 bits per heavy atom. The zero-order valence-corrected chi connectivity index (χ0v) is 10.9. The molecule has 0 saturated heterocycles. The Morgan fingerprint density at radius 2 is 2.00 bits per heavy atom. The molecule has 0 fully saturated rings. The Bertz CT molecular complexity index is 517. The third-order valence-electron chi connectivity index (χ3n) is 3.05. The summed E-state index contributed by atoms with van der Waals surface area (Å²) in [6.07, 6.45) is 0.277. The number of hydrogen-bond donors (Lipinski definition) is 1. The van der Waals surface area contributed by atoms with Gasteiger partial charge in [-0.05, 0) is 17.5 Å². The Hall–Kier alpha value is -1.81. The highest BCUT2D eigenvalue weighted by Crippen LogP contribution is 2.24. The molecule has 2 rings (SSSR count). The van der Waals surface area contributed by atoms with E-state index in [-0.39, 0.29) is 0 Å². The fraction of sp³-hybridized carbons (Fsp3) is 0.357. The van der Waals surface area contributed by atoms with Crippen molar-refractivity contribution in [2.24, 2.45) is 7.05 Å². The van der Waals surface area contributed by atoms with E-state index in [4.69, 9.17) is 4.74 Å². The predicted molar refractivity (Wildman–Crippen MR) is 69.6 cm³/mol. The number of nitrogens with zero attached hydrogens (tertiary/aromatic N) is 2. The first-order valence-corrected chi connectivity index (χ1v) is 6.00. The highest BCUT2D eigenvalue weighted by molar-refractivity contribution is 5.30. The number of rotatable bonds is 4. The zero-order valence-electron chi connectivity index (χ0n) is 10.9. The summed E-state index contributed by atoms with van der Waals surface area (Å²) in [5.74, 6) is 0.634. The number of ether oxygens (including phenoxy) is 1. The molecule has 0 spiro atoms. The molecular formula is C14H18N2O2. The summed E-state index contributed by atoms with van der Waals surface area (Å²) in [6.45, 7) is 2.11. The molecule has 1 heterocycles. The van der Waals surface area contributed by atoms with E-state index < -0.39 is 6.10 Å². The van der Waals surface area contributed by atoms with Gasteiger partial charge in [0.1, 0.15) is 6.10 Å². The molecular weight excluding hydrogens is 228 g/mol. The van der Waals surface area contributed by atoms with Crippen molar-refractivity contribution in [2.45, 2.75) is 19.4 Å². The average Bonchev–Trinajstić information content (AvgIpc) is 2.79. The zero-order chi connectivity index (χ0) is 13.1. The first-order chi connectivity index (χ1) is 8.65. The van der Waals surface area contributed by atoms with Gasteiger partial charge in [-0.3, -0.25) is 0 Å². The minimum atomic E-state index is -0.717. The van der Waals surface area contributed by atoms with Crippen LogP contribution in [0.25, 0.3) is 0 Å². The normalized spacial score (nSPS) is 12.4. The molecule has 4 nitrogen and oxygen atoms in total. The largest absolute Gasteiger partial charge is 0.481 e. The highest BCUT2D eigenvalue weighted by Gasteiger charge is 2.15. The average molecular weight is 246 g/mol. The second-order valence-electron chi connectivity index (χ2n) is 4.23. The van der Waals surface area contributed by atoms with Gasteiger partial charge in [-0.25, -0.2) is 4.68 Å². The monoisotopic (exact) mass is 246 g/mol. The number of aryl methyl sites for hydroxylation is 2. The van der Waals surface area contributed by atoms with Crippen LogP contribution in [0.2, 0.25) is 0 Å². The van der Waals surface area contributed by atoms with Gasteiger partial charge in [-0.15, -0.1) is 0 Å². The summed E-state index contributed by atoms with van der Waals surface area (Å²) < 4.78 is 6.75. The molecule has 0 amide bonds. The van der Waals surface area contributed by atoms with Crippen LogP contribution in [0.1, 0.15) is 29.8 Å². The van der Waals surface area contributed by atoms with E-state index in [1.54, 1.807) is 24.9 Å². The topological polar surface area (TPSA) is 47.3 Å². The van der Waals surface area contributed by atoms with Crippen molar-refractivity contribution in [1.29, 1.82) is 0 Å². The van der Waals surface area contributed by atoms with Gasteiger partial charge in [0.2, 0.25) is 5.88 Å². The fourth-order valence-corrected chi connectivity index (χ4v) is 1.90. The van der Waals surface area contributed by atoms with Gasteiger partial charge < -0.3 is 9.84 Å². The SMILES string of the molecule is CCc1ccc(C(O)c2cc(OC)n(C)n2)cc1. The number of methoxy groups -OCH3 is 1. The molecule has 1 aromatic carbocycles. The number of aliphatic hydroxyl groups excluding tert-OH is 1. The van der Waals surface area contributed by atoms with Crippen LogP contribution in [0.15, 0.2) is 30.3 Å². The van der Waals surface area contributed by atoms with Crippen LogP contribution in [-0.4, -0.2) is 22.0 Å². The smallest absolute Gasteiger partial charge is 0.211 e. The molecule has 0 saturated carbocycles. The van der Waals surface area contributed by atoms with Crippen molar-refractivity contribution in [1.82, 2.24) is 9.78 Å². The van der Waals surface area contributed by atoms with E-state index in [1.165, 1.54) is 5.56 Å². The van der Waals surface area contributed by atoms with Crippen molar-refractivity contribution in [2.75, 3.05) is 7.11 Å². The molecule has 18 heavy (non-hydrogen) atoms. The standard InChI is InChI=1S/C14H18N2O2/c1-4-10-5-7-11(8-6-10)14(17)12-9-13(18-3)16(2)15-12/h5-9,14,17H,4H2,1-3H3. The molecule has 1 unspecified atom stereocenters. The van der Waals surface area contributed by atoms with Gasteiger partial charge in [0.05, 0.1) is 12.8 Å². The van der Waals surface area contributed by atoms with Crippen molar-refractivity contribution in [3.8, 4) is 5.88 Å². The van der Waals surface area contributed by atoms with Gasteiger partial charge in [0.25, 0.3) is 0 Å². The Balaban J connectivity index is 2.25. The molecule has 96 valence electrons. The van der Waals surface area contributed by atoms with Crippen molar-refractivity contribution in [3.63, 3.8) is 0 Å². The maximum atomic E-state index is 10.3. The quantitative estimate of drug-likeness (QED) is 0.898. The van der Waals surface area contributed by atoms with E-state index in [0.29, 0.717) is 11.6 Å². The van der Waals surface area contributed by atoms with Gasteiger partial charge >= 0.3 is 0 Å². The van der Waals surface area contributed by atoms with E-state index in [0.717, 1.165) is 12.0 Å². The molecule has 0 aliphatic heterocycles. The first kappa shape index (κ1) is 12.6. The second-order valence-corrected chi connectivity index (χ2v) is 4.23. The van der Waals surface area contributed by atoms with Crippen molar-refractivity contribution < 1.29 is 9.84 Å². The van der Waals surface area contributed by atoms with E-state index in [1.807, 2.05) is 24.3 Å². The van der Waals surface area contributed by atoms with Crippen LogP contribution in [0.5, 0.6) is 5.88 Å². The predicted octanol–water partition coefficient (Wildman–Crippen LogP) is 2.07. The lowest BCUT2D eigenvalue weighted by molar-refractivity contribution is 0.214. The number of aliphatic hydroxyl groups is 1. The van der Waals surface area contributed by atoms with Crippen LogP contribution in [0, 0.1) is 0 Å². The van der Waals surface area contributed by atoms with Crippen molar-refractivity contribution >= 4 is 0 Å². The van der Waals surface area contributed by atoms with Crippen LogP contribution in [-0.2, 0) is 13.5 Å². The van der Waals surface area contributed by atoms with Crippen LogP contribution in [0.4, 0.5) is 0 Å². The van der Waals surface area contributed by atoms with Crippen LogP contribution in [0.3, 0.4) is 0 Å². The number of aromatic nitrogens is 2. The molecule has 1 aromatic heterocycles. The second kappa shape index (κ2) is 5.23. The molecule has 1 atom stereocenters. The van der Waals surface area contributed by atoms with Gasteiger partial charge in [-0.2, -0.15) is 5.10 Å². The molecule has 0 radical (unpaired) electrons. The summed E-state index contributed by atoms with van der Waals surface area (Å²) in [4.78, 5) is 0. The lowest BCUT2D eigenvalue weighted by atomic mass is 10.0. The van der Waals surface area contributed by atoms with E-state index in [2.05, 4.69) is 12.0 Å². The molecule has 0 aliphatic carbocycles. The molecule has 0 bridgehead atoms. The number of benzene rings is 1. The summed E-state index contributed by atoms with van der Waals surface area (Å²) >= 11 is 0. The van der Waals surface area contributed by atoms with Crippen LogP contribution >= 0.6 is 0 Å². The van der Waals surface area contributed by atoms with Gasteiger partial charge in [0, 0.05) is 13.1 Å². The lowest BCUT2D eigenvalue weighted by Crippen LogP contribution is -2.02. The van der Waals surface area contributed by atoms with E-state index >= 15 is 0 Å². The minimum absolute atomic E-state index is 0.596. The number of hydrogen-bond acceptors (Lipinski definition) is 3. The van der Waals surface area contributed by atoms with Gasteiger partial charge in [-0.1, -0.05) is 31.2 Å². The molecule has 1 N–H and O–H groups in total. The Kier molecular flexibility index (Phi) is 3.67. The Labute approximate surface area is 107 Å². The molecule has 2 aromatic rings. The first-order valence-electron chi connectivity index (χ1n) is 6.00. The maximum Gasteiger partial charge on any atom is 0.211 e. The minimum Gasteiger partial charge on any atom is -0.481 e. The van der Waals surface area contributed by atoms with Crippen LogP contribution < -0.4 is 4.74 Å². The fourth-order valence-electron chi connectivity index (χ4n) is 1.90. The lowest BCUT2D eigenvalue weighted by Gasteiger charge is -2.08. The summed E-state index contributed by atoms with van der Waals surface area (Å²) in [7, 11) is 3.37. The third kappa shape index (κ3) is 2.38. The van der Waals surface area contributed by atoms with Crippen molar-refractivity contribution in [3.05, 3.63) is 47.2 Å². The summed E-state index contributed by atoms with van der Waals surface area (Å²) in [5.41, 5.74) is 2.69. The third-order valence-corrected chi connectivity index (χ3v) is 3.05. The molecule has 4 heteroatoms.